The molecule has 0 unspecified atom stereocenters. The Morgan fingerprint density at radius 1 is 1.07 bits per heavy atom. The second-order valence-corrected chi connectivity index (χ2v) is 6.53. The van der Waals surface area contributed by atoms with E-state index in [9.17, 15) is 9.18 Å². The van der Waals surface area contributed by atoms with Crippen LogP contribution in [0.1, 0.15) is 23.3 Å². The van der Waals surface area contributed by atoms with Crippen LogP contribution in [-0.4, -0.2) is 40.8 Å². The summed E-state index contributed by atoms with van der Waals surface area (Å²) in [5.41, 5.74) is 2.64. The van der Waals surface area contributed by atoms with E-state index in [1.54, 1.807) is 30.0 Å². The van der Waals surface area contributed by atoms with Crippen LogP contribution in [0.15, 0.2) is 54.6 Å². The van der Waals surface area contributed by atoms with Crippen molar-refractivity contribution in [2.45, 2.75) is 12.8 Å². The zero-order valence-electron chi connectivity index (χ0n) is 15.1. The number of carbonyl (C=O) groups is 1. The fourth-order valence-corrected chi connectivity index (χ4v) is 3.32. The van der Waals surface area contributed by atoms with Crippen LogP contribution in [0, 0.1) is 5.82 Å². The van der Waals surface area contributed by atoms with Crippen molar-refractivity contribution in [1.29, 1.82) is 0 Å². The number of rotatable bonds is 4. The van der Waals surface area contributed by atoms with Gasteiger partial charge in [0.1, 0.15) is 17.3 Å². The number of carbonyl (C=O) groups excluding carboxylic acids is 1. The number of amides is 1. The molecule has 1 aliphatic heterocycles. The van der Waals surface area contributed by atoms with E-state index in [4.69, 9.17) is 4.74 Å². The van der Waals surface area contributed by atoms with Gasteiger partial charge < -0.3 is 9.64 Å². The van der Waals surface area contributed by atoms with Crippen molar-refractivity contribution in [1.82, 2.24) is 14.7 Å². The van der Waals surface area contributed by atoms with Crippen molar-refractivity contribution in [3.05, 3.63) is 66.1 Å². The molecule has 1 aliphatic rings. The summed E-state index contributed by atoms with van der Waals surface area (Å²) >= 11 is 0. The molecule has 0 radical (unpaired) electrons. The first-order chi connectivity index (χ1) is 13.2. The van der Waals surface area contributed by atoms with E-state index in [1.807, 2.05) is 29.2 Å². The zero-order chi connectivity index (χ0) is 18.8. The van der Waals surface area contributed by atoms with Crippen LogP contribution in [0.2, 0.25) is 0 Å². The Balaban J connectivity index is 1.80. The lowest BCUT2D eigenvalue weighted by Gasteiger charge is -2.16. The Bertz CT molecular complexity index is 960. The molecule has 1 fully saturated rings. The minimum Gasteiger partial charge on any atom is -0.497 e. The number of methoxy groups -OCH3 is 1. The molecule has 1 amide bonds. The highest BCUT2D eigenvalue weighted by Crippen LogP contribution is 2.26. The molecule has 1 aromatic heterocycles. The average Bonchev–Trinajstić information content (AvgIpc) is 3.38. The van der Waals surface area contributed by atoms with Gasteiger partial charge in [-0.3, -0.25) is 4.79 Å². The van der Waals surface area contributed by atoms with Gasteiger partial charge in [-0.25, -0.2) is 9.07 Å². The molecule has 6 heteroatoms. The molecule has 1 saturated heterocycles. The van der Waals surface area contributed by atoms with Gasteiger partial charge in [0, 0.05) is 18.7 Å². The normalized spacial score (nSPS) is 13.8. The summed E-state index contributed by atoms with van der Waals surface area (Å²) in [6, 6.07) is 15.3. The number of benzene rings is 2. The number of ether oxygens (including phenoxy) is 1. The van der Waals surface area contributed by atoms with E-state index in [0.29, 0.717) is 17.1 Å². The van der Waals surface area contributed by atoms with Crippen LogP contribution in [0.5, 0.6) is 5.75 Å². The van der Waals surface area contributed by atoms with Gasteiger partial charge >= 0.3 is 0 Å². The molecule has 5 nitrogen and oxygen atoms in total. The SMILES string of the molecule is COc1cccc(-c2cc(C(=O)N3CCCC3)n(-c3ccc(F)cc3)n2)c1. The van der Waals surface area contributed by atoms with Crippen LogP contribution in [0.3, 0.4) is 0 Å². The van der Waals surface area contributed by atoms with Gasteiger partial charge in [-0.2, -0.15) is 5.10 Å². The molecular formula is C21H20FN3O2. The average molecular weight is 365 g/mol. The highest BCUT2D eigenvalue weighted by Gasteiger charge is 2.25. The predicted molar refractivity (Wildman–Crippen MR) is 101 cm³/mol. The Labute approximate surface area is 157 Å². The summed E-state index contributed by atoms with van der Waals surface area (Å²) < 4.78 is 20.2. The molecule has 0 bridgehead atoms. The molecule has 0 N–H and O–H groups in total. The Kier molecular flexibility index (Phi) is 4.62. The van der Waals surface area contributed by atoms with Gasteiger partial charge in [0.25, 0.3) is 5.91 Å². The maximum Gasteiger partial charge on any atom is 0.272 e. The highest BCUT2D eigenvalue weighted by atomic mass is 19.1. The van der Waals surface area contributed by atoms with Gasteiger partial charge in [0.05, 0.1) is 18.5 Å². The van der Waals surface area contributed by atoms with Crippen LogP contribution in [0.25, 0.3) is 16.9 Å². The molecule has 138 valence electrons. The summed E-state index contributed by atoms with van der Waals surface area (Å²) in [4.78, 5) is 14.9. The van der Waals surface area contributed by atoms with Gasteiger partial charge in [-0.05, 0) is 55.3 Å². The summed E-state index contributed by atoms with van der Waals surface area (Å²) in [7, 11) is 1.61. The van der Waals surface area contributed by atoms with E-state index in [2.05, 4.69) is 5.10 Å². The molecule has 4 rings (SSSR count). The maximum atomic E-state index is 13.3. The lowest BCUT2D eigenvalue weighted by atomic mass is 10.1. The van der Waals surface area contributed by atoms with E-state index in [1.165, 1.54) is 12.1 Å². The first-order valence-corrected chi connectivity index (χ1v) is 8.95. The number of hydrogen-bond donors (Lipinski definition) is 0. The second-order valence-electron chi connectivity index (χ2n) is 6.53. The Morgan fingerprint density at radius 3 is 2.52 bits per heavy atom. The Hall–Kier alpha value is -3.15. The summed E-state index contributed by atoms with van der Waals surface area (Å²) in [5, 5.41) is 4.64. The summed E-state index contributed by atoms with van der Waals surface area (Å²) in [6.45, 7) is 1.50. The maximum absolute atomic E-state index is 13.3. The first-order valence-electron chi connectivity index (χ1n) is 8.95. The zero-order valence-corrected chi connectivity index (χ0v) is 15.1. The lowest BCUT2D eigenvalue weighted by Crippen LogP contribution is -2.29. The predicted octanol–water partition coefficient (Wildman–Crippen LogP) is 3.92. The third-order valence-corrected chi connectivity index (χ3v) is 4.76. The molecule has 0 spiro atoms. The van der Waals surface area contributed by atoms with Crippen LogP contribution < -0.4 is 4.74 Å². The minimum absolute atomic E-state index is 0.0570. The molecule has 0 atom stereocenters. The number of aromatic nitrogens is 2. The lowest BCUT2D eigenvalue weighted by molar-refractivity contribution is 0.0784. The molecule has 3 aromatic rings. The smallest absolute Gasteiger partial charge is 0.272 e. The van der Waals surface area contributed by atoms with Crippen molar-refractivity contribution in [3.63, 3.8) is 0 Å². The molecule has 0 aliphatic carbocycles. The Morgan fingerprint density at radius 2 is 1.81 bits per heavy atom. The molecule has 0 saturated carbocycles. The van der Waals surface area contributed by atoms with Gasteiger partial charge in [0.2, 0.25) is 0 Å². The van der Waals surface area contributed by atoms with Crippen molar-refractivity contribution in [3.8, 4) is 22.7 Å². The minimum atomic E-state index is -0.327. The second kappa shape index (κ2) is 7.23. The van der Waals surface area contributed by atoms with Crippen molar-refractivity contribution < 1.29 is 13.9 Å². The summed E-state index contributed by atoms with van der Waals surface area (Å²) in [5.74, 6) is 0.334. The number of halogens is 1. The van der Waals surface area contributed by atoms with Gasteiger partial charge in [-0.15, -0.1) is 0 Å². The number of hydrogen-bond acceptors (Lipinski definition) is 3. The number of likely N-dealkylation sites (tertiary alicyclic amines) is 1. The van der Waals surface area contributed by atoms with E-state index < -0.39 is 0 Å². The van der Waals surface area contributed by atoms with Crippen molar-refractivity contribution in [2.75, 3.05) is 20.2 Å². The van der Waals surface area contributed by atoms with E-state index in [-0.39, 0.29) is 11.7 Å². The van der Waals surface area contributed by atoms with Crippen molar-refractivity contribution in [2.24, 2.45) is 0 Å². The third-order valence-electron chi connectivity index (χ3n) is 4.76. The fourth-order valence-electron chi connectivity index (χ4n) is 3.32. The van der Waals surface area contributed by atoms with E-state index in [0.717, 1.165) is 37.2 Å². The fraction of sp³-hybridized carbons (Fsp3) is 0.238. The van der Waals surface area contributed by atoms with Gasteiger partial charge in [-0.1, -0.05) is 12.1 Å². The topological polar surface area (TPSA) is 47.4 Å². The first kappa shape index (κ1) is 17.3. The molecule has 2 aromatic carbocycles. The van der Waals surface area contributed by atoms with Crippen LogP contribution in [0.4, 0.5) is 4.39 Å². The molecule has 27 heavy (non-hydrogen) atoms. The van der Waals surface area contributed by atoms with Gasteiger partial charge in [0.15, 0.2) is 0 Å². The van der Waals surface area contributed by atoms with Crippen molar-refractivity contribution >= 4 is 5.91 Å². The highest BCUT2D eigenvalue weighted by molar-refractivity contribution is 5.94. The molecular weight excluding hydrogens is 345 g/mol. The molecule has 2 heterocycles. The third kappa shape index (κ3) is 3.43. The van der Waals surface area contributed by atoms with E-state index >= 15 is 0 Å². The quantitative estimate of drug-likeness (QED) is 0.704. The van der Waals surface area contributed by atoms with Crippen LogP contribution in [-0.2, 0) is 0 Å². The monoisotopic (exact) mass is 365 g/mol. The largest absolute Gasteiger partial charge is 0.497 e. The number of nitrogens with zero attached hydrogens (tertiary/aromatic N) is 3. The standard InChI is InChI=1S/C21H20FN3O2/c1-27-18-6-4-5-15(13-18)19-14-20(21(26)24-11-2-3-12-24)25(23-19)17-9-7-16(22)8-10-17/h4-10,13-14H,2-3,11-12H2,1H3. The summed E-state index contributed by atoms with van der Waals surface area (Å²) in [6.07, 6.45) is 2.03. The van der Waals surface area contributed by atoms with Crippen LogP contribution >= 0.6 is 0 Å².